The predicted octanol–water partition coefficient (Wildman–Crippen LogP) is 6.93. The van der Waals surface area contributed by atoms with Crippen molar-refractivity contribution in [2.24, 2.45) is 0 Å². The number of anilines is 1. The minimum absolute atomic E-state index is 0.339. The molecule has 0 saturated carbocycles. The summed E-state index contributed by atoms with van der Waals surface area (Å²) in [6.07, 6.45) is -6.47. The van der Waals surface area contributed by atoms with Gasteiger partial charge in [-0.05, 0) is 47.2 Å². The number of hydrogen-bond donors (Lipinski definition) is 1. The average Bonchev–Trinajstić information content (AvgIpc) is 3.18. The summed E-state index contributed by atoms with van der Waals surface area (Å²) in [4.78, 5) is 1.69. The minimum Gasteiger partial charge on any atom is -0.382 e. The zero-order chi connectivity index (χ0) is 25.3. The summed E-state index contributed by atoms with van der Waals surface area (Å²) >= 11 is 0. The number of nitrogens with zero attached hydrogens (tertiary/aromatic N) is 1. The van der Waals surface area contributed by atoms with E-state index >= 15 is 0 Å². The SMILES string of the molecule is Cc1cccc(CC2(c3cccc(-c4ccccc4)c3)CN(C[C@@H](O)C(F)(F)F)c3ccccc32)c1. The largest absolute Gasteiger partial charge is 0.416 e. The first-order chi connectivity index (χ1) is 17.3. The maximum absolute atomic E-state index is 13.3. The molecule has 1 aliphatic heterocycles. The highest BCUT2D eigenvalue weighted by Gasteiger charge is 2.47. The number of halogens is 3. The number of aliphatic hydroxyl groups is 1. The second-order valence-electron chi connectivity index (χ2n) is 9.65. The Labute approximate surface area is 209 Å². The van der Waals surface area contributed by atoms with E-state index in [9.17, 15) is 18.3 Å². The van der Waals surface area contributed by atoms with E-state index in [-0.39, 0.29) is 0 Å². The van der Waals surface area contributed by atoms with Gasteiger partial charge in [-0.2, -0.15) is 13.2 Å². The summed E-state index contributed by atoms with van der Waals surface area (Å²) < 4.78 is 40.0. The van der Waals surface area contributed by atoms with Gasteiger partial charge in [0.15, 0.2) is 6.10 Å². The van der Waals surface area contributed by atoms with E-state index in [1.807, 2.05) is 67.6 Å². The van der Waals surface area contributed by atoms with Gasteiger partial charge >= 0.3 is 6.18 Å². The monoisotopic (exact) mass is 487 g/mol. The van der Waals surface area contributed by atoms with Crippen LogP contribution < -0.4 is 4.90 Å². The minimum atomic E-state index is -4.68. The highest BCUT2D eigenvalue weighted by Crippen LogP contribution is 2.48. The van der Waals surface area contributed by atoms with Gasteiger partial charge in [-0.1, -0.05) is 103 Å². The first-order valence-corrected chi connectivity index (χ1v) is 12.1. The Morgan fingerprint density at radius 1 is 0.833 bits per heavy atom. The summed E-state index contributed by atoms with van der Waals surface area (Å²) in [6, 6.07) is 34.3. The molecule has 1 heterocycles. The zero-order valence-electron chi connectivity index (χ0n) is 20.0. The fourth-order valence-electron chi connectivity index (χ4n) is 5.42. The van der Waals surface area contributed by atoms with E-state index in [0.29, 0.717) is 13.0 Å². The molecule has 1 aliphatic rings. The molecule has 0 amide bonds. The second-order valence-corrected chi connectivity index (χ2v) is 9.65. The van der Waals surface area contributed by atoms with Crippen LogP contribution in [0, 0.1) is 6.92 Å². The van der Waals surface area contributed by atoms with Crippen LogP contribution in [0.25, 0.3) is 11.1 Å². The van der Waals surface area contributed by atoms with E-state index in [0.717, 1.165) is 39.1 Å². The summed E-state index contributed by atoms with van der Waals surface area (Å²) in [7, 11) is 0. The molecule has 5 heteroatoms. The molecule has 184 valence electrons. The van der Waals surface area contributed by atoms with E-state index in [1.54, 1.807) is 4.90 Å². The summed E-state index contributed by atoms with van der Waals surface area (Å²) in [6.45, 7) is 1.88. The predicted molar refractivity (Wildman–Crippen MR) is 138 cm³/mol. The fourth-order valence-corrected chi connectivity index (χ4v) is 5.42. The van der Waals surface area contributed by atoms with Crippen LogP contribution in [-0.2, 0) is 11.8 Å². The van der Waals surface area contributed by atoms with Gasteiger partial charge in [0, 0.05) is 17.6 Å². The van der Waals surface area contributed by atoms with Crippen LogP contribution in [0.1, 0.15) is 22.3 Å². The van der Waals surface area contributed by atoms with Crippen molar-refractivity contribution in [3.8, 4) is 11.1 Å². The smallest absolute Gasteiger partial charge is 0.382 e. The fraction of sp³-hybridized carbons (Fsp3) is 0.226. The lowest BCUT2D eigenvalue weighted by Gasteiger charge is -2.33. The molecule has 1 unspecified atom stereocenters. The highest BCUT2D eigenvalue weighted by atomic mass is 19.4. The number of β-amino-alcohol motifs (C(OH)–C–C–N with tert-alkyl or cyclic N) is 1. The number of aliphatic hydroxyl groups excluding tert-OH is 1. The Kier molecular flexibility index (Phi) is 6.35. The van der Waals surface area contributed by atoms with Crippen LogP contribution in [0.2, 0.25) is 0 Å². The van der Waals surface area contributed by atoms with E-state index in [1.165, 1.54) is 0 Å². The molecule has 0 radical (unpaired) electrons. The summed E-state index contributed by atoms with van der Waals surface area (Å²) in [5.41, 5.74) is 6.57. The van der Waals surface area contributed by atoms with E-state index in [2.05, 4.69) is 42.5 Å². The van der Waals surface area contributed by atoms with Gasteiger partial charge in [-0.25, -0.2) is 0 Å². The van der Waals surface area contributed by atoms with Crippen molar-refractivity contribution in [3.05, 3.63) is 125 Å². The molecule has 0 aliphatic carbocycles. The summed E-state index contributed by atoms with van der Waals surface area (Å²) in [5.74, 6) is 0. The lowest BCUT2D eigenvalue weighted by Crippen LogP contribution is -2.44. The number of fused-ring (bicyclic) bond motifs is 1. The molecule has 0 spiro atoms. The molecule has 36 heavy (non-hydrogen) atoms. The van der Waals surface area contributed by atoms with Crippen molar-refractivity contribution < 1.29 is 18.3 Å². The quantitative estimate of drug-likeness (QED) is 0.319. The number of para-hydroxylation sites is 1. The van der Waals surface area contributed by atoms with Gasteiger partial charge < -0.3 is 10.0 Å². The molecular formula is C31H28F3NO. The van der Waals surface area contributed by atoms with Crippen LogP contribution >= 0.6 is 0 Å². The normalized spacial score (nSPS) is 18.2. The molecule has 0 fully saturated rings. The molecule has 0 saturated heterocycles. The molecule has 0 bridgehead atoms. The molecule has 0 aromatic heterocycles. The van der Waals surface area contributed by atoms with Crippen molar-refractivity contribution in [2.45, 2.75) is 31.0 Å². The number of rotatable bonds is 6. The van der Waals surface area contributed by atoms with E-state index < -0.39 is 24.2 Å². The van der Waals surface area contributed by atoms with Gasteiger partial charge in [-0.15, -0.1) is 0 Å². The van der Waals surface area contributed by atoms with Gasteiger partial charge in [0.05, 0.1) is 6.54 Å². The van der Waals surface area contributed by atoms with Crippen molar-refractivity contribution in [1.82, 2.24) is 0 Å². The second kappa shape index (κ2) is 9.47. The Hall–Kier alpha value is -3.57. The van der Waals surface area contributed by atoms with Crippen molar-refractivity contribution >= 4 is 5.69 Å². The first-order valence-electron chi connectivity index (χ1n) is 12.1. The number of benzene rings is 4. The molecule has 1 N–H and O–H groups in total. The Bertz CT molecular complexity index is 1350. The van der Waals surface area contributed by atoms with Gasteiger partial charge in [0.25, 0.3) is 0 Å². The van der Waals surface area contributed by atoms with Crippen LogP contribution in [0.4, 0.5) is 18.9 Å². The average molecular weight is 488 g/mol. The van der Waals surface area contributed by atoms with Crippen LogP contribution in [0.5, 0.6) is 0 Å². The van der Waals surface area contributed by atoms with Crippen LogP contribution in [0.15, 0.2) is 103 Å². The molecule has 2 nitrogen and oxygen atoms in total. The Morgan fingerprint density at radius 2 is 1.53 bits per heavy atom. The number of hydrogen-bond acceptors (Lipinski definition) is 2. The number of alkyl halides is 3. The van der Waals surface area contributed by atoms with Crippen LogP contribution in [0.3, 0.4) is 0 Å². The summed E-state index contributed by atoms with van der Waals surface area (Å²) in [5, 5.41) is 9.96. The number of aryl methyl sites for hydroxylation is 1. The Balaban J connectivity index is 1.66. The van der Waals surface area contributed by atoms with Gasteiger partial charge in [-0.3, -0.25) is 0 Å². The first kappa shape index (κ1) is 24.1. The third-order valence-electron chi connectivity index (χ3n) is 7.10. The Morgan fingerprint density at radius 3 is 2.28 bits per heavy atom. The van der Waals surface area contributed by atoms with Crippen molar-refractivity contribution in [3.63, 3.8) is 0 Å². The van der Waals surface area contributed by atoms with Gasteiger partial charge in [0.1, 0.15) is 0 Å². The van der Waals surface area contributed by atoms with E-state index in [4.69, 9.17) is 0 Å². The maximum Gasteiger partial charge on any atom is 0.416 e. The topological polar surface area (TPSA) is 23.5 Å². The molecule has 4 aromatic carbocycles. The highest BCUT2D eigenvalue weighted by molar-refractivity contribution is 5.70. The lowest BCUT2D eigenvalue weighted by molar-refractivity contribution is -0.200. The maximum atomic E-state index is 13.3. The lowest BCUT2D eigenvalue weighted by atomic mass is 9.71. The van der Waals surface area contributed by atoms with Crippen molar-refractivity contribution in [2.75, 3.05) is 18.0 Å². The third kappa shape index (κ3) is 4.63. The van der Waals surface area contributed by atoms with Gasteiger partial charge in [0.2, 0.25) is 0 Å². The third-order valence-corrected chi connectivity index (χ3v) is 7.10. The van der Waals surface area contributed by atoms with Crippen molar-refractivity contribution in [1.29, 1.82) is 0 Å². The molecule has 2 atom stereocenters. The molecular weight excluding hydrogens is 459 g/mol. The molecule has 5 rings (SSSR count). The van der Waals surface area contributed by atoms with Crippen LogP contribution in [-0.4, -0.2) is 30.5 Å². The molecule has 4 aromatic rings. The zero-order valence-corrected chi connectivity index (χ0v) is 20.0. The standard InChI is InChI=1S/C31H28F3NO/c1-22-9-7-10-23(17-22)19-30(26-14-8-13-25(18-26)24-11-3-2-4-12-24)21-35(20-29(36)31(32,33)34)28-16-6-5-15-27(28)30/h2-18,29,36H,19-21H2,1H3/t29-,30?/m1/s1.